The van der Waals surface area contributed by atoms with Crippen LogP contribution in [0.1, 0.15) is 39.5 Å². The zero-order valence-corrected chi connectivity index (χ0v) is 27.8. The van der Waals surface area contributed by atoms with Crippen LogP contribution in [-0.4, -0.2) is 114 Å². The van der Waals surface area contributed by atoms with Crippen LogP contribution in [0.4, 0.5) is 32.0 Å². The smallest absolute Gasteiger partial charge is 0.475 e. The molecule has 2 aliphatic heterocycles. The highest BCUT2D eigenvalue weighted by Gasteiger charge is 2.42. The Morgan fingerprint density at radius 2 is 1.73 bits per heavy atom. The summed E-state index contributed by atoms with van der Waals surface area (Å²) in [5.74, 6) is -4.42. The zero-order chi connectivity index (χ0) is 38.6. The van der Waals surface area contributed by atoms with Crippen LogP contribution in [0.5, 0.6) is 0 Å². The summed E-state index contributed by atoms with van der Waals surface area (Å²) in [5.41, 5.74) is -2.65. The van der Waals surface area contributed by atoms with E-state index in [-0.39, 0.29) is 77.9 Å². The Hall–Kier alpha value is -5.20. The van der Waals surface area contributed by atoms with Crippen molar-refractivity contribution in [3.05, 3.63) is 52.7 Å². The second-order valence-electron chi connectivity index (χ2n) is 11.6. The van der Waals surface area contributed by atoms with Crippen LogP contribution in [0, 0.1) is 11.3 Å². The molecule has 4 N–H and O–H groups in total. The summed E-state index contributed by atoms with van der Waals surface area (Å²) < 4.78 is 74.6. The van der Waals surface area contributed by atoms with Crippen molar-refractivity contribution in [1.29, 1.82) is 5.26 Å². The number of nitriles is 1. The summed E-state index contributed by atoms with van der Waals surface area (Å²) in [6.45, 7) is 1.55. The molecule has 1 unspecified atom stereocenters. The van der Waals surface area contributed by atoms with Gasteiger partial charge in [-0.05, 0) is 37.6 Å². The molecule has 0 aliphatic carbocycles. The monoisotopic (exact) mass is 761 g/mol. The van der Waals surface area contributed by atoms with E-state index in [0.29, 0.717) is 12.8 Å². The number of β-amino-alcohol motifs (C(OH)–C–C–N with tert-alkyl or cyclic N) is 1. The molecular formula is C30H30ClF6N9O6. The Morgan fingerprint density at radius 1 is 1.10 bits per heavy atom. The van der Waals surface area contributed by atoms with Gasteiger partial charge in [0.05, 0.1) is 34.1 Å². The normalized spacial score (nSPS) is 17.8. The lowest BCUT2D eigenvalue weighted by atomic mass is 9.92. The molecule has 15 nitrogen and oxygen atoms in total. The van der Waals surface area contributed by atoms with Gasteiger partial charge in [0.2, 0.25) is 0 Å². The number of piperidine rings is 1. The van der Waals surface area contributed by atoms with Crippen LogP contribution in [0.15, 0.2) is 30.6 Å². The van der Waals surface area contributed by atoms with Crippen molar-refractivity contribution in [3.8, 4) is 17.3 Å². The number of carboxylic acid groups (broad SMARTS) is 1. The number of alkyl halides is 6. The molecule has 1 atom stereocenters. The number of rotatable bonds is 6. The molecule has 5 rings (SSSR count). The Balaban J connectivity index is 0.000000785. The molecule has 52 heavy (non-hydrogen) atoms. The largest absolute Gasteiger partial charge is 0.490 e. The number of imidazole rings is 1. The predicted octanol–water partition coefficient (Wildman–Crippen LogP) is 2.76. The maximum Gasteiger partial charge on any atom is 0.490 e. The highest BCUT2D eigenvalue weighted by molar-refractivity contribution is 6.34. The van der Waals surface area contributed by atoms with E-state index in [1.807, 2.05) is 0 Å². The first-order valence-corrected chi connectivity index (χ1v) is 15.6. The van der Waals surface area contributed by atoms with Gasteiger partial charge >= 0.3 is 18.3 Å². The maximum absolute atomic E-state index is 13.6. The number of hydrogen-bond donors (Lipinski definition) is 4. The highest BCUT2D eigenvalue weighted by atomic mass is 35.5. The number of nitrogens with one attached hydrogen (secondary N) is 2. The number of hydrogen-bond acceptors (Lipinski definition) is 9. The molecular weight excluding hydrogens is 732 g/mol. The molecule has 4 heterocycles. The fourth-order valence-corrected chi connectivity index (χ4v) is 5.71. The number of anilines is 1. The fourth-order valence-electron chi connectivity index (χ4n) is 5.44. The molecule has 2 fully saturated rings. The van der Waals surface area contributed by atoms with E-state index in [0.717, 1.165) is 23.6 Å². The average molecular weight is 762 g/mol. The molecule has 0 spiro atoms. The lowest BCUT2D eigenvalue weighted by Crippen LogP contribution is -2.60. The molecule has 0 bridgehead atoms. The SMILES string of the molecule is Cn1c(-c2cn(CC#N)nc2C(F)(F)F)cnc1C(=O)Nc1ccc(C(=O)N2CCN(C(=O)C3(O)CCCNC3)CC2)c(Cl)c1.O=C(O)C(F)(F)F. The number of aromatic nitrogens is 4. The van der Waals surface area contributed by atoms with Crippen LogP contribution in [0.3, 0.4) is 0 Å². The Labute approximate surface area is 295 Å². The van der Waals surface area contributed by atoms with Crippen LogP contribution >= 0.6 is 11.6 Å². The minimum atomic E-state index is -5.08. The van der Waals surface area contributed by atoms with Crippen molar-refractivity contribution in [2.45, 2.75) is 37.3 Å². The van der Waals surface area contributed by atoms with Gasteiger partial charge < -0.3 is 35.2 Å². The van der Waals surface area contributed by atoms with Gasteiger partial charge in [0, 0.05) is 51.7 Å². The zero-order valence-electron chi connectivity index (χ0n) is 27.1. The predicted molar refractivity (Wildman–Crippen MR) is 168 cm³/mol. The molecule has 2 aromatic heterocycles. The van der Waals surface area contributed by atoms with Crippen LogP contribution in [0.25, 0.3) is 11.3 Å². The van der Waals surface area contributed by atoms with E-state index in [4.69, 9.17) is 26.8 Å². The third kappa shape index (κ3) is 8.99. The van der Waals surface area contributed by atoms with E-state index >= 15 is 0 Å². The second-order valence-corrected chi connectivity index (χ2v) is 12.0. The number of carbonyl (C=O) groups is 4. The quantitative estimate of drug-likeness (QED) is 0.271. The van der Waals surface area contributed by atoms with Gasteiger partial charge in [-0.15, -0.1) is 0 Å². The summed E-state index contributed by atoms with van der Waals surface area (Å²) in [6.07, 6.45) is -6.65. The van der Waals surface area contributed by atoms with Gasteiger partial charge in [0.25, 0.3) is 17.7 Å². The van der Waals surface area contributed by atoms with Gasteiger partial charge in [-0.25, -0.2) is 9.78 Å². The van der Waals surface area contributed by atoms with Gasteiger partial charge in [0.15, 0.2) is 17.1 Å². The van der Waals surface area contributed by atoms with Crippen molar-refractivity contribution < 1.29 is 55.7 Å². The van der Waals surface area contributed by atoms with Crippen LogP contribution in [0.2, 0.25) is 5.02 Å². The molecule has 3 aromatic rings. The van der Waals surface area contributed by atoms with Gasteiger partial charge in [-0.3, -0.25) is 19.1 Å². The summed E-state index contributed by atoms with van der Waals surface area (Å²) in [7, 11) is 1.37. The van der Waals surface area contributed by atoms with Crippen molar-refractivity contribution >= 4 is 41.0 Å². The number of benzene rings is 1. The molecule has 1 aromatic carbocycles. The Morgan fingerprint density at radius 3 is 2.27 bits per heavy atom. The lowest BCUT2D eigenvalue weighted by molar-refractivity contribution is -0.192. The molecule has 0 saturated carbocycles. The summed E-state index contributed by atoms with van der Waals surface area (Å²) >= 11 is 6.41. The number of carboxylic acids is 1. The lowest BCUT2D eigenvalue weighted by Gasteiger charge is -2.40. The second kappa shape index (κ2) is 15.6. The third-order valence-electron chi connectivity index (χ3n) is 8.04. The molecule has 280 valence electrons. The van der Waals surface area contributed by atoms with Crippen molar-refractivity contribution in [3.63, 3.8) is 0 Å². The molecule has 2 aliphatic rings. The Kier molecular flexibility index (Phi) is 11.9. The number of amides is 3. The van der Waals surface area contributed by atoms with E-state index in [2.05, 4.69) is 20.7 Å². The summed E-state index contributed by atoms with van der Waals surface area (Å²) in [5, 5.41) is 35.9. The number of aliphatic hydroxyl groups is 1. The minimum absolute atomic E-state index is 0.0398. The topological polar surface area (TPSA) is 199 Å². The standard InChI is InChI=1S/C28H29ClF3N9O4.C2HF3O2/c1-38-21(19-15-41(8-6-33)37-22(19)28(30,31)32)14-35-23(38)24(42)36-17-3-4-18(20(29)13-17)25(43)39-9-11-40(12-10-39)26(44)27(45)5-2-7-34-16-27;3-2(4,5)1(6)7/h3-4,13-15,34,45H,2,5,7-12,16H2,1H3,(H,36,42);(H,6,7). The molecule has 0 radical (unpaired) electrons. The number of piperazine rings is 1. The van der Waals surface area contributed by atoms with E-state index in [1.165, 1.54) is 29.8 Å². The first kappa shape index (κ1) is 39.6. The maximum atomic E-state index is 13.6. The number of nitrogens with zero attached hydrogens (tertiary/aromatic N) is 7. The van der Waals surface area contributed by atoms with E-state index < -0.39 is 42.1 Å². The molecule has 2 saturated heterocycles. The fraction of sp³-hybridized carbons (Fsp3) is 0.433. The van der Waals surface area contributed by atoms with Crippen molar-refractivity contribution in [1.82, 2.24) is 34.4 Å². The van der Waals surface area contributed by atoms with Gasteiger partial charge in [0.1, 0.15) is 6.54 Å². The molecule has 3 amide bonds. The van der Waals surface area contributed by atoms with Gasteiger partial charge in [-0.2, -0.15) is 36.7 Å². The third-order valence-corrected chi connectivity index (χ3v) is 8.36. The van der Waals surface area contributed by atoms with Crippen LogP contribution in [-0.2, 0) is 29.4 Å². The van der Waals surface area contributed by atoms with E-state index in [9.17, 15) is 45.8 Å². The van der Waals surface area contributed by atoms with Gasteiger partial charge in [-0.1, -0.05) is 11.6 Å². The highest BCUT2D eigenvalue weighted by Crippen LogP contribution is 2.36. The first-order valence-electron chi connectivity index (χ1n) is 15.2. The molecule has 22 heteroatoms. The van der Waals surface area contributed by atoms with Crippen LogP contribution < -0.4 is 10.6 Å². The number of halogens is 7. The Bertz CT molecular complexity index is 1870. The number of aliphatic carboxylic acids is 1. The van der Waals surface area contributed by atoms with Crippen molar-refractivity contribution in [2.24, 2.45) is 7.05 Å². The van der Waals surface area contributed by atoms with E-state index in [1.54, 1.807) is 15.9 Å². The van der Waals surface area contributed by atoms with Crippen molar-refractivity contribution in [2.75, 3.05) is 44.6 Å². The number of carbonyl (C=O) groups excluding carboxylic acids is 3. The average Bonchev–Trinajstić information content (AvgIpc) is 3.68. The first-order chi connectivity index (χ1) is 24.3. The minimum Gasteiger partial charge on any atom is -0.475 e. The summed E-state index contributed by atoms with van der Waals surface area (Å²) in [6, 6.07) is 6.00. The summed E-state index contributed by atoms with van der Waals surface area (Å²) in [4.78, 5) is 55.1.